The third kappa shape index (κ3) is 6.03. The number of aliphatic hydroxyl groups is 3. The summed E-state index contributed by atoms with van der Waals surface area (Å²) in [5.41, 5.74) is 1.82. The molecule has 1 aliphatic heterocycles. The maximum atomic E-state index is 13.4. The van der Waals surface area contributed by atoms with Crippen LogP contribution in [0, 0.1) is 4.91 Å². The molecular formula is C28H28ClN3O9S. The Hall–Kier alpha value is -3.43. The molecule has 42 heavy (non-hydrogen) atoms. The molecule has 0 aliphatic carbocycles. The lowest BCUT2D eigenvalue weighted by atomic mass is 9.97. The zero-order chi connectivity index (χ0) is 30.0. The van der Waals surface area contributed by atoms with Gasteiger partial charge in [0, 0.05) is 16.0 Å². The van der Waals surface area contributed by atoms with Crippen molar-refractivity contribution in [2.75, 3.05) is 20.3 Å². The molecular weight excluding hydrogens is 590 g/mol. The maximum Gasteiger partial charge on any atom is 0.275 e. The number of aliphatic hydroxyl groups excluding tert-OH is 3. The first-order valence-electron chi connectivity index (χ1n) is 12.9. The Morgan fingerprint density at radius 2 is 1.90 bits per heavy atom. The summed E-state index contributed by atoms with van der Waals surface area (Å²) in [6.07, 6.45) is -4.74. The Balaban J connectivity index is 1.29. The number of nitrogens with zero attached hydrogens (tertiary/aromatic N) is 3. The van der Waals surface area contributed by atoms with E-state index in [0.717, 1.165) is 10.4 Å². The molecule has 14 heteroatoms. The third-order valence-electron chi connectivity index (χ3n) is 6.80. The molecule has 3 N–H and O–H groups in total. The van der Waals surface area contributed by atoms with E-state index >= 15 is 0 Å². The molecule has 1 fully saturated rings. The van der Waals surface area contributed by atoms with Crippen molar-refractivity contribution in [2.45, 2.75) is 43.7 Å². The SMILES string of the molecule is COc1cc(-n2cnc3cc(-c4ccc(Cl)cc4)sc3c2=O)ccc1OCC(C)O[C@H]1O[C@H](CO)[C@@H](N=O)[C@H](O)[C@H]1O. The number of rotatable bonds is 10. The molecule has 222 valence electrons. The summed E-state index contributed by atoms with van der Waals surface area (Å²) in [5.74, 6) is 0.716. The van der Waals surface area contributed by atoms with Crippen molar-refractivity contribution in [2.24, 2.45) is 5.18 Å². The van der Waals surface area contributed by atoms with E-state index in [4.69, 9.17) is 30.5 Å². The van der Waals surface area contributed by atoms with Gasteiger partial charge >= 0.3 is 0 Å². The van der Waals surface area contributed by atoms with Crippen molar-refractivity contribution in [1.29, 1.82) is 0 Å². The van der Waals surface area contributed by atoms with Crippen LogP contribution in [0.1, 0.15) is 6.92 Å². The van der Waals surface area contributed by atoms with Gasteiger partial charge in [0.05, 0.1) is 31.0 Å². The van der Waals surface area contributed by atoms with Crippen LogP contribution in [0.25, 0.3) is 26.3 Å². The number of halogens is 1. The monoisotopic (exact) mass is 617 g/mol. The van der Waals surface area contributed by atoms with Crippen LogP contribution in [-0.2, 0) is 9.47 Å². The highest BCUT2D eigenvalue weighted by Gasteiger charge is 2.46. The number of fused-ring (bicyclic) bond motifs is 1. The summed E-state index contributed by atoms with van der Waals surface area (Å²) in [5, 5.41) is 33.3. The molecule has 1 aliphatic rings. The molecule has 4 aromatic rings. The number of hydrogen-bond acceptors (Lipinski definition) is 12. The number of aromatic nitrogens is 2. The predicted octanol–water partition coefficient (Wildman–Crippen LogP) is 3.13. The number of thiophene rings is 1. The van der Waals surface area contributed by atoms with Gasteiger partial charge in [0.25, 0.3) is 5.56 Å². The number of benzene rings is 2. The Kier molecular flexibility index (Phi) is 9.18. The van der Waals surface area contributed by atoms with Crippen molar-refractivity contribution >= 4 is 33.2 Å². The van der Waals surface area contributed by atoms with Gasteiger partial charge in [0.1, 0.15) is 42.0 Å². The van der Waals surface area contributed by atoms with Gasteiger partial charge in [0.2, 0.25) is 0 Å². The van der Waals surface area contributed by atoms with E-state index < -0.39 is 43.4 Å². The van der Waals surface area contributed by atoms with Crippen LogP contribution in [0.5, 0.6) is 11.5 Å². The molecule has 3 heterocycles. The van der Waals surface area contributed by atoms with Gasteiger partial charge in [-0.2, -0.15) is 4.91 Å². The Morgan fingerprint density at radius 1 is 1.14 bits per heavy atom. The van der Waals surface area contributed by atoms with Gasteiger partial charge in [-0.3, -0.25) is 9.36 Å². The predicted molar refractivity (Wildman–Crippen MR) is 156 cm³/mol. The summed E-state index contributed by atoms with van der Waals surface area (Å²) < 4.78 is 24.4. The first-order chi connectivity index (χ1) is 20.2. The van der Waals surface area contributed by atoms with Crippen LogP contribution in [0.3, 0.4) is 0 Å². The Labute approximate surface area is 248 Å². The summed E-state index contributed by atoms with van der Waals surface area (Å²) in [4.78, 5) is 29.7. The van der Waals surface area contributed by atoms with Gasteiger partial charge in [-0.25, -0.2) is 4.98 Å². The molecule has 6 atom stereocenters. The van der Waals surface area contributed by atoms with Crippen molar-refractivity contribution < 1.29 is 34.3 Å². The molecule has 0 bridgehead atoms. The highest BCUT2D eigenvalue weighted by atomic mass is 35.5. The first-order valence-corrected chi connectivity index (χ1v) is 14.1. The quantitative estimate of drug-likeness (QED) is 0.225. The van der Waals surface area contributed by atoms with Crippen LogP contribution < -0.4 is 15.0 Å². The lowest BCUT2D eigenvalue weighted by Gasteiger charge is -2.39. The third-order valence-corrected chi connectivity index (χ3v) is 8.22. The molecule has 12 nitrogen and oxygen atoms in total. The molecule has 2 aromatic carbocycles. The van der Waals surface area contributed by atoms with Crippen molar-refractivity contribution in [3.63, 3.8) is 0 Å². The van der Waals surface area contributed by atoms with Crippen molar-refractivity contribution in [3.05, 3.63) is 75.1 Å². The standard InChI is InChI=1S/C28H28ClN3O9S/c1-14(40-28-25(35)24(34)23(31-37)21(11-33)41-28)12-39-19-8-7-17(9-20(19)38-2)32-13-30-18-10-22(42-26(18)27(32)36)15-3-5-16(29)6-4-15/h3-10,13-14,21,23-25,28,33-35H,11-12H2,1-2H3/t14?,21-,23-,24+,25-,28+/m1/s1. The first kappa shape index (κ1) is 30.0. The van der Waals surface area contributed by atoms with Crippen LogP contribution in [-0.4, -0.2) is 81.9 Å². The molecule has 2 aromatic heterocycles. The molecule has 1 unspecified atom stereocenters. The average Bonchev–Trinajstić information content (AvgIpc) is 3.44. The minimum atomic E-state index is -1.56. The second-order valence-electron chi connectivity index (χ2n) is 9.65. The van der Waals surface area contributed by atoms with E-state index in [-0.39, 0.29) is 12.2 Å². The molecule has 0 spiro atoms. The van der Waals surface area contributed by atoms with Crippen LogP contribution in [0.2, 0.25) is 5.02 Å². The second-order valence-corrected chi connectivity index (χ2v) is 11.1. The number of hydrogen-bond donors (Lipinski definition) is 3. The zero-order valence-electron chi connectivity index (χ0n) is 22.5. The summed E-state index contributed by atoms with van der Waals surface area (Å²) in [7, 11) is 1.47. The van der Waals surface area contributed by atoms with E-state index in [1.165, 1.54) is 29.3 Å². The second kappa shape index (κ2) is 12.8. The van der Waals surface area contributed by atoms with Gasteiger partial charge in [-0.05, 0) is 42.8 Å². The van der Waals surface area contributed by atoms with Crippen LogP contribution >= 0.6 is 22.9 Å². The number of nitroso groups, excluding NO2 is 1. The highest BCUT2D eigenvalue weighted by Crippen LogP contribution is 2.33. The maximum absolute atomic E-state index is 13.4. The van der Waals surface area contributed by atoms with E-state index in [1.807, 2.05) is 18.2 Å². The summed E-state index contributed by atoms with van der Waals surface area (Å²) in [6, 6.07) is 12.9. The Bertz CT molecular complexity index is 1610. The normalized spacial score (nSPS) is 23.0. The molecule has 0 amide bonds. The van der Waals surface area contributed by atoms with Crippen molar-refractivity contribution in [1.82, 2.24) is 9.55 Å². The summed E-state index contributed by atoms with van der Waals surface area (Å²) >= 11 is 7.35. The summed E-state index contributed by atoms with van der Waals surface area (Å²) in [6.45, 7) is 1.06. The lowest BCUT2D eigenvalue weighted by Crippen LogP contribution is -2.59. The van der Waals surface area contributed by atoms with Gasteiger partial charge in [-0.1, -0.05) is 28.9 Å². The van der Waals surface area contributed by atoms with Crippen molar-refractivity contribution in [3.8, 4) is 27.6 Å². The number of methoxy groups -OCH3 is 1. The minimum absolute atomic E-state index is 0.00628. The fraction of sp³-hybridized carbons (Fsp3) is 0.357. The minimum Gasteiger partial charge on any atom is -0.493 e. The molecule has 0 radical (unpaired) electrons. The average molecular weight is 618 g/mol. The van der Waals surface area contributed by atoms with Crippen LogP contribution in [0.4, 0.5) is 0 Å². The van der Waals surface area contributed by atoms with Crippen LogP contribution in [0.15, 0.2) is 64.8 Å². The molecule has 5 rings (SSSR count). The molecule has 0 saturated carbocycles. The fourth-order valence-corrected chi connectivity index (χ4v) is 5.74. The van der Waals surface area contributed by atoms with Gasteiger partial charge in [-0.15, -0.1) is 11.3 Å². The molecule has 1 saturated heterocycles. The van der Waals surface area contributed by atoms with E-state index in [1.54, 1.807) is 37.3 Å². The van der Waals surface area contributed by atoms with E-state index in [0.29, 0.717) is 32.4 Å². The topological polar surface area (TPSA) is 162 Å². The Morgan fingerprint density at radius 3 is 2.60 bits per heavy atom. The fourth-order valence-electron chi connectivity index (χ4n) is 4.56. The smallest absolute Gasteiger partial charge is 0.275 e. The zero-order valence-corrected chi connectivity index (χ0v) is 24.1. The van der Waals surface area contributed by atoms with E-state index in [9.17, 15) is 25.0 Å². The lowest BCUT2D eigenvalue weighted by molar-refractivity contribution is -0.289. The largest absolute Gasteiger partial charge is 0.493 e. The number of ether oxygens (including phenoxy) is 4. The van der Waals surface area contributed by atoms with Gasteiger partial charge < -0.3 is 34.3 Å². The highest BCUT2D eigenvalue weighted by molar-refractivity contribution is 7.22. The van der Waals surface area contributed by atoms with E-state index in [2.05, 4.69) is 10.2 Å². The van der Waals surface area contributed by atoms with Gasteiger partial charge in [0.15, 0.2) is 17.8 Å².